The highest BCUT2D eigenvalue weighted by Crippen LogP contribution is 2.32. The van der Waals surface area contributed by atoms with Crippen molar-refractivity contribution in [3.63, 3.8) is 0 Å². The molecular weight excluding hydrogens is 122 g/mol. The van der Waals surface area contributed by atoms with Crippen LogP contribution in [0.3, 0.4) is 0 Å². The van der Waals surface area contributed by atoms with Gasteiger partial charge in [0.25, 0.3) is 0 Å². The van der Waals surface area contributed by atoms with Gasteiger partial charge in [0.05, 0.1) is 0 Å². The minimum absolute atomic E-state index is 0.424. The minimum Gasteiger partial charge on any atom is -0.327 e. The quantitative estimate of drug-likeness (QED) is 0.538. The highest BCUT2D eigenvalue weighted by molar-refractivity contribution is 5.34. The SMILES string of the molecule is NC1CC2=C(CCC=C2)C1. The molecule has 10 heavy (non-hydrogen) atoms. The summed E-state index contributed by atoms with van der Waals surface area (Å²) in [7, 11) is 0. The van der Waals surface area contributed by atoms with Crippen molar-refractivity contribution in [1.82, 2.24) is 0 Å². The third-order valence-electron chi connectivity index (χ3n) is 2.38. The van der Waals surface area contributed by atoms with E-state index in [2.05, 4.69) is 12.2 Å². The fourth-order valence-corrected chi connectivity index (χ4v) is 1.88. The van der Waals surface area contributed by atoms with Crippen LogP contribution in [0.25, 0.3) is 0 Å². The average molecular weight is 135 g/mol. The lowest BCUT2D eigenvalue weighted by atomic mass is 10.0. The molecule has 0 aromatic rings. The van der Waals surface area contributed by atoms with Gasteiger partial charge in [0, 0.05) is 6.04 Å². The summed E-state index contributed by atoms with van der Waals surface area (Å²) in [6.45, 7) is 0. The Bertz CT molecular complexity index is 201. The normalized spacial score (nSPS) is 31.1. The summed E-state index contributed by atoms with van der Waals surface area (Å²) < 4.78 is 0. The predicted octanol–water partition coefficient (Wildman–Crippen LogP) is 1.75. The summed E-state index contributed by atoms with van der Waals surface area (Å²) in [5.41, 5.74) is 8.97. The summed E-state index contributed by atoms with van der Waals surface area (Å²) >= 11 is 0. The molecule has 0 saturated carbocycles. The van der Waals surface area contributed by atoms with Crippen LogP contribution in [0.2, 0.25) is 0 Å². The van der Waals surface area contributed by atoms with E-state index >= 15 is 0 Å². The Morgan fingerprint density at radius 3 is 3.10 bits per heavy atom. The van der Waals surface area contributed by atoms with Gasteiger partial charge in [-0.3, -0.25) is 0 Å². The fourth-order valence-electron chi connectivity index (χ4n) is 1.88. The minimum atomic E-state index is 0.424. The van der Waals surface area contributed by atoms with Gasteiger partial charge in [0.2, 0.25) is 0 Å². The van der Waals surface area contributed by atoms with Crippen molar-refractivity contribution < 1.29 is 0 Å². The van der Waals surface area contributed by atoms with E-state index in [0.29, 0.717) is 6.04 Å². The molecule has 1 nitrogen and oxygen atoms in total. The highest BCUT2D eigenvalue weighted by atomic mass is 14.6. The van der Waals surface area contributed by atoms with Crippen LogP contribution in [0.15, 0.2) is 23.3 Å². The first-order valence-corrected chi connectivity index (χ1v) is 3.99. The molecule has 0 saturated heterocycles. The van der Waals surface area contributed by atoms with Crippen molar-refractivity contribution in [1.29, 1.82) is 0 Å². The molecule has 0 bridgehead atoms. The Kier molecular flexibility index (Phi) is 1.38. The number of hydrogen-bond acceptors (Lipinski definition) is 1. The van der Waals surface area contributed by atoms with E-state index in [1.807, 2.05) is 0 Å². The molecule has 1 atom stereocenters. The Morgan fingerprint density at radius 1 is 1.40 bits per heavy atom. The van der Waals surface area contributed by atoms with Gasteiger partial charge in [-0.25, -0.2) is 0 Å². The van der Waals surface area contributed by atoms with Crippen molar-refractivity contribution in [2.45, 2.75) is 31.7 Å². The summed E-state index contributed by atoms with van der Waals surface area (Å²) in [6, 6.07) is 0.424. The fraction of sp³-hybridized carbons (Fsp3) is 0.556. The van der Waals surface area contributed by atoms with Crippen LogP contribution in [0.4, 0.5) is 0 Å². The van der Waals surface area contributed by atoms with Crippen LogP contribution in [0.5, 0.6) is 0 Å². The Labute approximate surface area is 61.6 Å². The van der Waals surface area contributed by atoms with Crippen LogP contribution in [-0.2, 0) is 0 Å². The predicted molar refractivity (Wildman–Crippen MR) is 42.6 cm³/mol. The standard InChI is InChI=1S/C9H13N/c10-9-5-7-3-1-2-4-8(7)6-9/h1,3,9H,2,4-6,10H2. The molecule has 0 aliphatic heterocycles. The Hall–Kier alpha value is -0.560. The highest BCUT2D eigenvalue weighted by Gasteiger charge is 2.20. The van der Waals surface area contributed by atoms with Gasteiger partial charge in [-0.2, -0.15) is 0 Å². The molecule has 0 heterocycles. The van der Waals surface area contributed by atoms with E-state index in [-0.39, 0.29) is 0 Å². The van der Waals surface area contributed by atoms with Crippen molar-refractivity contribution in [3.05, 3.63) is 23.3 Å². The molecule has 0 spiro atoms. The lowest BCUT2D eigenvalue weighted by Gasteiger charge is -2.05. The lowest BCUT2D eigenvalue weighted by molar-refractivity contribution is 0.706. The second-order valence-corrected chi connectivity index (χ2v) is 3.24. The van der Waals surface area contributed by atoms with Crippen molar-refractivity contribution in [2.24, 2.45) is 5.73 Å². The van der Waals surface area contributed by atoms with E-state index in [0.717, 1.165) is 12.8 Å². The zero-order valence-corrected chi connectivity index (χ0v) is 6.14. The second-order valence-electron chi connectivity index (χ2n) is 3.24. The monoisotopic (exact) mass is 135 g/mol. The molecule has 0 radical (unpaired) electrons. The van der Waals surface area contributed by atoms with E-state index < -0.39 is 0 Å². The second kappa shape index (κ2) is 2.24. The Balaban J connectivity index is 2.21. The van der Waals surface area contributed by atoms with Gasteiger partial charge < -0.3 is 5.73 Å². The smallest absolute Gasteiger partial charge is 0.0117 e. The number of hydrogen-bond donors (Lipinski definition) is 1. The van der Waals surface area contributed by atoms with Gasteiger partial charge in [0.1, 0.15) is 0 Å². The number of nitrogens with two attached hydrogens (primary N) is 1. The first kappa shape index (κ1) is 6.17. The van der Waals surface area contributed by atoms with Gasteiger partial charge in [0.15, 0.2) is 0 Å². The van der Waals surface area contributed by atoms with Crippen molar-refractivity contribution >= 4 is 0 Å². The zero-order valence-electron chi connectivity index (χ0n) is 6.14. The Morgan fingerprint density at radius 2 is 2.30 bits per heavy atom. The molecule has 2 aliphatic carbocycles. The van der Waals surface area contributed by atoms with Crippen LogP contribution in [0, 0.1) is 0 Å². The third kappa shape index (κ3) is 0.907. The molecular formula is C9H13N. The van der Waals surface area contributed by atoms with Crippen LogP contribution in [-0.4, -0.2) is 6.04 Å². The maximum absolute atomic E-state index is 5.82. The summed E-state index contributed by atoms with van der Waals surface area (Å²) in [5.74, 6) is 0. The first-order chi connectivity index (χ1) is 4.86. The van der Waals surface area contributed by atoms with E-state index in [1.54, 1.807) is 5.57 Å². The van der Waals surface area contributed by atoms with Crippen LogP contribution in [0.1, 0.15) is 25.7 Å². The van der Waals surface area contributed by atoms with Crippen molar-refractivity contribution in [2.75, 3.05) is 0 Å². The molecule has 54 valence electrons. The van der Waals surface area contributed by atoms with Gasteiger partial charge in [-0.05, 0) is 31.3 Å². The zero-order chi connectivity index (χ0) is 6.97. The summed E-state index contributed by atoms with van der Waals surface area (Å²) in [5, 5.41) is 0. The van der Waals surface area contributed by atoms with Crippen LogP contribution >= 0.6 is 0 Å². The third-order valence-corrected chi connectivity index (χ3v) is 2.38. The summed E-state index contributed by atoms with van der Waals surface area (Å²) in [4.78, 5) is 0. The molecule has 2 N–H and O–H groups in total. The molecule has 1 unspecified atom stereocenters. The van der Waals surface area contributed by atoms with E-state index in [9.17, 15) is 0 Å². The largest absolute Gasteiger partial charge is 0.327 e. The molecule has 2 aliphatic rings. The molecule has 2 rings (SSSR count). The number of allylic oxidation sites excluding steroid dienone is 2. The molecule has 1 heteroatoms. The molecule has 0 aromatic carbocycles. The lowest BCUT2D eigenvalue weighted by Crippen LogP contribution is -2.15. The average Bonchev–Trinajstić information content (AvgIpc) is 2.27. The van der Waals surface area contributed by atoms with Crippen molar-refractivity contribution in [3.8, 4) is 0 Å². The first-order valence-electron chi connectivity index (χ1n) is 3.99. The van der Waals surface area contributed by atoms with Gasteiger partial charge in [-0.1, -0.05) is 17.7 Å². The maximum atomic E-state index is 5.82. The van der Waals surface area contributed by atoms with Gasteiger partial charge in [-0.15, -0.1) is 0 Å². The van der Waals surface area contributed by atoms with E-state index in [4.69, 9.17) is 5.73 Å². The molecule has 0 aromatic heterocycles. The maximum Gasteiger partial charge on any atom is 0.0117 e. The molecule has 0 fully saturated rings. The summed E-state index contributed by atoms with van der Waals surface area (Å²) in [6.07, 6.45) is 9.28. The number of rotatable bonds is 0. The van der Waals surface area contributed by atoms with Gasteiger partial charge >= 0.3 is 0 Å². The van der Waals surface area contributed by atoms with E-state index in [1.165, 1.54) is 18.4 Å². The topological polar surface area (TPSA) is 26.0 Å². The molecule has 0 amide bonds. The van der Waals surface area contributed by atoms with Crippen LogP contribution < -0.4 is 5.73 Å².